The Morgan fingerprint density at radius 1 is 1.33 bits per heavy atom. The van der Waals surface area contributed by atoms with Gasteiger partial charge in [-0.25, -0.2) is 9.78 Å². The molecule has 4 nitrogen and oxygen atoms in total. The Labute approximate surface area is 108 Å². The van der Waals surface area contributed by atoms with Gasteiger partial charge < -0.3 is 5.11 Å². The number of carboxylic acid groups (broad SMARTS) is 1. The second kappa shape index (κ2) is 5.34. The quantitative estimate of drug-likeness (QED) is 0.914. The zero-order valence-corrected chi connectivity index (χ0v) is 10.0. The van der Waals surface area contributed by atoms with Crippen molar-refractivity contribution in [3.8, 4) is 6.07 Å². The van der Waals surface area contributed by atoms with Crippen LogP contribution in [0.2, 0.25) is 0 Å². The number of benzene rings is 1. The normalized spacial score (nSPS) is 9.72. The number of nitriles is 1. The summed E-state index contributed by atoms with van der Waals surface area (Å²) >= 11 is 1.32. The average molecular weight is 256 g/mol. The molecule has 0 aliphatic rings. The van der Waals surface area contributed by atoms with Crippen molar-refractivity contribution in [1.82, 2.24) is 4.98 Å². The predicted molar refractivity (Wildman–Crippen MR) is 66.5 cm³/mol. The molecule has 0 bridgehead atoms. The van der Waals surface area contributed by atoms with Crippen LogP contribution >= 0.6 is 11.8 Å². The lowest BCUT2D eigenvalue weighted by atomic mass is 10.2. The minimum Gasteiger partial charge on any atom is -0.478 e. The molecule has 0 aliphatic carbocycles. The molecule has 88 valence electrons. The van der Waals surface area contributed by atoms with Gasteiger partial charge in [-0.15, -0.1) is 0 Å². The van der Waals surface area contributed by atoms with Gasteiger partial charge >= 0.3 is 5.97 Å². The number of rotatable bonds is 3. The van der Waals surface area contributed by atoms with Crippen LogP contribution in [0.15, 0.2) is 52.5 Å². The molecule has 1 heterocycles. The molecular formula is C13H8N2O2S. The Morgan fingerprint density at radius 3 is 2.89 bits per heavy atom. The first-order valence-electron chi connectivity index (χ1n) is 5.06. The Morgan fingerprint density at radius 2 is 2.17 bits per heavy atom. The Hall–Kier alpha value is -2.32. The van der Waals surface area contributed by atoms with Crippen LogP contribution < -0.4 is 0 Å². The molecular weight excluding hydrogens is 248 g/mol. The number of nitrogens with zero attached hydrogens (tertiary/aromatic N) is 2. The summed E-state index contributed by atoms with van der Waals surface area (Å²) in [6.45, 7) is 0. The monoisotopic (exact) mass is 256 g/mol. The molecule has 5 heteroatoms. The van der Waals surface area contributed by atoms with Crippen molar-refractivity contribution < 1.29 is 9.90 Å². The Bertz CT molecular complexity index is 635. The number of hydrogen-bond acceptors (Lipinski definition) is 4. The van der Waals surface area contributed by atoms with Gasteiger partial charge in [-0.3, -0.25) is 0 Å². The second-order valence-electron chi connectivity index (χ2n) is 3.43. The maximum atomic E-state index is 10.8. The summed E-state index contributed by atoms with van der Waals surface area (Å²) in [5.74, 6) is -0.962. The zero-order chi connectivity index (χ0) is 13.0. The highest BCUT2D eigenvalue weighted by atomic mass is 32.2. The van der Waals surface area contributed by atoms with Crippen molar-refractivity contribution in [2.75, 3.05) is 0 Å². The predicted octanol–water partition coefficient (Wildman–Crippen LogP) is 2.80. The van der Waals surface area contributed by atoms with Crippen LogP contribution in [-0.2, 0) is 0 Å². The van der Waals surface area contributed by atoms with Crippen molar-refractivity contribution in [2.24, 2.45) is 0 Å². The minimum atomic E-state index is -0.962. The topological polar surface area (TPSA) is 74.0 Å². The largest absolute Gasteiger partial charge is 0.478 e. The number of aromatic nitrogens is 1. The molecule has 0 fully saturated rings. The molecule has 0 unspecified atom stereocenters. The zero-order valence-electron chi connectivity index (χ0n) is 9.20. The standard InChI is InChI=1S/C13H8N2O2S/c14-8-9-4-5-15-12(6-9)18-11-3-1-2-10(7-11)13(16)17/h1-7H,(H,16,17). The van der Waals surface area contributed by atoms with Gasteiger partial charge in [-0.1, -0.05) is 17.8 Å². The molecule has 2 aromatic rings. The van der Waals surface area contributed by atoms with Gasteiger partial charge in [0.2, 0.25) is 0 Å². The molecule has 1 aromatic carbocycles. The number of hydrogen-bond donors (Lipinski definition) is 1. The summed E-state index contributed by atoms with van der Waals surface area (Å²) in [4.78, 5) is 15.7. The molecule has 2 rings (SSSR count). The fourth-order valence-corrected chi connectivity index (χ4v) is 2.22. The lowest BCUT2D eigenvalue weighted by Crippen LogP contribution is -1.95. The van der Waals surface area contributed by atoms with Crippen molar-refractivity contribution >= 4 is 17.7 Å². The van der Waals surface area contributed by atoms with E-state index in [-0.39, 0.29) is 5.56 Å². The molecule has 0 amide bonds. The number of carboxylic acids is 1. The third kappa shape index (κ3) is 2.87. The molecule has 1 aromatic heterocycles. The molecule has 0 aliphatic heterocycles. The maximum absolute atomic E-state index is 10.8. The van der Waals surface area contributed by atoms with E-state index in [1.165, 1.54) is 17.8 Å². The highest BCUT2D eigenvalue weighted by molar-refractivity contribution is 7.99. The summed E-state index contributed by atoms with van der Waals surface area (Å²) in [6, 6.07) is 11.9. The van der Waals surface area contributed by atoms with Gasteiger partial charge in [0, 0.05) is 11.1 Å². The summed E-state index contributed by atoms with van der Waals surface area (Å²) < 4.78 is 0. The van der Waals surface area contributed by atoms with Gasteiger partial charge in [-0.05, 0) is 30.3 Å². The molecule has 18 heavy (non-hydrogen) atoms. The first-order valence-corrected chi connectivity index (χ1v) is 5.88. The summed E-state index contributed by atoms with van der Waals surface area (Å²) in [7, 11) is 0. The molecule has 1 N–H and O–H groups in total. The maximum Gasteiger partial charge on any atom is 0.335 e. The van der Waals surface area contributed by atoms with E-state index in [2.05, 4.69) is 4.98 Å². The number of pyridine rings is 1. The van der Waals surface area contributed by atoms with E-state index >= 15 is 0 Å². The highest BCUT2D eigenvalue weighted by Gasteiger charge is 2.05. The van der Waals surface area contributed by atoms with Crippen molar-refractivity contribution in [2.45, 2.75) is 9.92 Å². The lowest BCUT2D eigenvalue weighted by Gasteiger charge is -2.02. The Kier molecular flexibility index (Phi) is 3.60. The van der Waals surface area contributed by atoms with E-state index in [4.69, 9.17) is 10.4 Å². The van der Waals surface area contributed by atoms with Gasteiger partial charge in [0.05, 0.1) is 17.2 Å². The van der Waals surface area contributed by atoms with E-state index in [9.17, 15) is 4.79 Å². The van der Waals surface area contributed by atoms with Crippen molar-refractivity contribution in [1.29, 1.82) is 5.26 Å². The van der Waals surface area contributed by atoms with Crippen LogP contribution in [0.25, 0.3) is 0 Å². The molecule has 0 saturated carbocycles. The number of carbonyl (C=O) groups is 1. The second-order valence-corrected chi connectivity index (χ2v) is 4.52. The van der Waals surface area contributed by atoms with E-state index in [1.807, 2.05) is 6.07 Å². The first kappa shape index (κ1) is 12.1. The van der Waals surface area contributed by atoms with Crippen LogP contribution in [0.3, 0.4) is 0 Å². The fraction of sp³-hybridized carbons (Fsp3) is 0. The third-order valence-corrected chi connectivity index (χ3v) is 3.09. The third-order valence-electron chi connectivity index (χ3n) is 2.17. The van der Waals surface area contributed by atoms with Crippen molar-refractivity contribution in [3.05, 3.63) is 53.7 Å². The van der Waals surface area contributed by atoms with E-state index in [0.717, 1.165) is 4.90 Å². The first-order chi connectivity index (χ1) is 8.69. The van der Waals surface area contributed by atoms with E-state index < -0.39 is 5.97 Å². The average Bonchev–Trinajstić information content (AvgIpc) is 2.39. The minimum absolute atomic E-state index is 0.233. The van der Waals surface area contributed by atoms with Crippen molar-refractivity contribution in [3.63, 3.8) is 0 Å². The SMILES string of the molecule is N#Cc1ccnc(Sc2cccc(C(=O)O)c2)c1. The molecule has 0 radical (unpaired) electrons. The van der Waals surface area contributed by atoms with Gasteiger partial charge in [0.1, 0.15) is 5.03 Å². The highest BCUT2D eigenvalue weighted by Crippen LogP contribution is 2.26. The lowest BCUT2D eigenvalue weighted by molar-refractivity contribution is 0.0696. The van der Waals surface area contributed by atoms with E-state index in [1.54, 1.807) is 36.5 Å². The van der Waals surface area contributed by atoms with Crippen LogP contribution in [0.4, 0.5) is 0 Å². The van der Waals surface area contributed by atoms with Crippen LogP contribution in [-0.4, -0.2) is 16.1 Å². The summed E-state index contributed by atoms with van der Waals surface area (Å²) in [5, 5.41) is 18.3. The van der Waals surface area contributed by atoms with Crippen LogP contribution in [0.1, 0.15) is 15.9 Å². The van der Waals surface area contributed by atoms with Crippen LogP contribution in [0, 0.1) is 11.3 Å². The van der Waals surface area contributed by atoms with Crippen LogP contribution in [0.5, 0.6) is 0 Å². The summed E-state index contributed by atoms with van der Waals surface area (Å²) in [6.07, 6.45) is 1.56. The van der Waals surface area contributed by atoms with Gasteiger partial charge in [0.15, 0.2) is 0 Å². The van der Waals surface area contributed by atoms with Gasteiger partial charge in [0.25, 0.3) is 0 Å². The smallest absolute Gasteiger partial charge is 0.335 e. The Balaban J connectivity index is 2.26. The van der Waals surface area contributed by atoms with E-state index in [0.29, 0.717) is 10.6 Å². The number of aromatic carboxylic acids is 1. The molecule has 0 spiro atoms. The summed E-state index contributed by atoms with van der Waals surface area (Å²) in [5.41, 5.74) is 0.762. The molecule has 0 atom stereocenters. The van der Waals surface area contributed by atoms with Gasteiger partial charge in [-0.2, -0.15) is 5.26 Å². The fourth-order valence-electron chi connectivity index (χ4n) is 1.35. The molecule has 0 saturated heterocycles.